The Morgan fingerprint density at radius 1 is 0.926 bits per heavy atom. The molecule has 0 bridgehead atoms. The van der Waals surface area contributed by atoms with Crippen LogP contribution < -0.4 is 0 Å². The van der Waals surface area contributed by atoms with Crippen LogP contribution in [0.1, 0.15) is 60.8 Å². The minimum atomic E-state index is -1.75. The van der Waals surface area contributed by atoms with Crippen LogP contribution in [0.5, 0.6) is 0 Å². The molecule has 1 fully saturated rings. The maximum atomic E-state index is 12.3. The van der Waals surface area contributed by atoms with Gasteiger partial charge in [0.2, 0.25) is 6.10 Å². The minimum absolute atomic E-state index is 0.101. The summed E-state index contributed by atoms with van der Waals surface area (Å²) < 4.78 is 14.9. The Labute approximate surface area is 157 Å². The SMILES string of the molecule is CC(C)(C)OC(=O)C[C@H](OC(=O)OC(C)(C)C)C(=O)ON1C(=O)CCC1=O. The molecule has 1 rings (SSSR count). The van der Waals surface area contributed by atoms with Crippen molar-refractivity contribution < 1.29 is 43.0 Å². The molecule has 1 aliphatic rings. The van der Waals surface area contributed by atoms with Gasteiger partial charge in [0.25, 0.3) is 11.8 Å². The van der Waals surface area contributed by atoms with Crippen molar-refractivity contribution in [3.05, 3.63) is 0 Å². The molecule has 0 aromatic rings. The van der Waals surface area contributed by atoms with E-state index in [-0.39, 0.29) is 12.8 Å². The van der Waals surface area contributed by atoms with Crippen LogP contribution in [-0.4, -0.2) is 52.3 Å². The van der Waals surface area contributed by atoms with Crippen LogP contribution in [-0.2, 0) is 38.2 Å². The third-order valence-corrected chi connectivity index (χ3v) is 2.85. The van der Waals surface area contributed by atoms with Gasteiger partial charge in [-0.1, -0.05) is 0 Å². The number of amides is 2. The van der Waals surface area contributed by atoms with Crippen molar-refractivity contribution in [2.24, 2.45) is 0 Å². The van der Waals surface area contributed by atoms with E-state index in [4.69, 9.17) is 19.0 Å². The van der Waals surface area contributed by atoms with Crippen LogP contribution in [0.3, 0.4) is 0 Å². The highest BCUT2D eigenvalue weighted by Crippen LogP contribution is 2.17. The van der Waals surface area contributed by atoms with Crippen molar-refractivity contribution in [2.45, 2.75) is 78.1 Å². The monoisotopic (exact) mass is 387 g/mol. The highest BCUT2D eigenvalue weighted by molar-refractivity contribution is 6.01. The number of rotatable bonds is 5. The first-order valence-corrected chi connectivity index (χ1v) is 8.37. The molecule has 0 N–H and O–H groups in total. The van der Waals surface area contributed by atoms with Gasteiger partial charge in [-0.3, -0.25) is 14.4 Å². The molecule has 2 amide bonds. The van der Waals surface area contributed by atoms with Crippen molar-refractivity contribution in [1.29, 1.82) is 0 Å². The van der Waals surface area contributed by atoms with E-state index in [9.17, 15) is 24.0 Å². The first kappa shape index (κ1) is 22.4. The Hall–Kier alpha value is -2.65. The maximum Gasteiger partial charge on any atom is 0.509 e. The van der Waals surface area contributed by atoms with Crippen LogP contribution in [0.15, 0.2) is 0 Å². The smallest absolute Gasteiger partial charge is 0.460 e. The lowest BCUT2D eigenvalue weighted by Gasteiger charge is -2.24. The minimum Gasteiger partial charge on any atom is -0.460 e. The molecule has 1 heterocycles. The summed E-state index contributed by atoms with van der Waals surface area (Å²) in [6, 6.07) is 0. The topological polar surface area (TPSA) is 126 Å². The normalized spacial score (nSPS) is 16.0. The summed E-state index contributed by atoms with van der Waals surface area (Å²) >= 11 is 0. The van der Waals surface area contributed by atoms with Gasteiger partial charge in [-0.25, -0.2) is 9.59 Å². The number of nitrogens with zero attached hydrogens (tertiary/aromatic N) is 1. The third kappa shape index (κ3) is 8.06. The average Bonchev–Trinajstić information content (AvgIpc) is 2.74. The Kier molecular flexibility index (Phi) is 6.93. The van der Waals surface area contributed by atoms with Crippen molar-refractivity contribution in [3.8, 4) is 0 Å². The zero-order valence-electron chi connectivity index (χ0n) is 16.3. The van der Waals surface area contributed by atoms with E-state index in [1.807, 2.05) is 0 Å². The van der Waals surface area contributed by atoms with Gasteiger partial charge < -0.3 is 19.0 Å². The van der Waals surface area contributed by atoms with Gasteiger partial charge in [-0.15, -0.1) is 5.06 Å². The molecule has 0 aromatic carbocycles. The molecule has 152 valence electrons. The highest BCUT2D eigenvalue weighted by atomic mass is 16.8. The summed E-state index contributed by atoms with van der Waals surface area (Å²) in [6.45, 7) is 9.60. The van der Waals surface area contributed by atoms with Gasteiger partial charge in [-0.05, 0) is 41.5 Å². The van der Waals surface area contributed by atoms with E-state index >= 15 is 0 Å². The molecule has 1 atom stereocenters. The number of hydrogen-bond donors (Lipinski definition) is 0. The second kappa shape index (κ2) is 8.36. The van der Waals surface area contributed by atoms with E-state index < -0.39 is 53.6 Å². The molecule has 10 nitrogen and oxygen atoms in total. The molecule has 27 heavy (non-hydrogen) atoms. The maximum absolute atomic E-state index is 12.3. The van der Waals surface area contributed by atoms with Crippen LogP contribution in [0.2, 0.25) is 0 Å². The Balaban J connectivity index is 2.86. The van der Waals surface area contributed by atoms with Crippen molar-refractivity contribution >= 4 is 29.9 Å². The fourth-order valence-electron chi connectivity index (χ4n) is 1.90. The predicted octanol–water partition coefficient (Wildman–Crippen LogP) is 1.65. The highest BCUT2D eigenvalue weighted by Gasteiger charge is 2.38. The van der Waals surface area contributed by atoms with E-state index in [1.54, 1.807) is 41.5 Å². The number of hydroxylamine groups is 2. The number of carbonyl (C=O) groups is 5. The van der Waals surface area contributed by atoms with Gasteiger partial charge in [0.05, 0.1) is 6.42 Å². The average molecular weight is 387 g/mol. The summed E-state index contributed by atoms with van der Waals surface area (Å²) in [5, 5.41) is 0.295. The fraction of sp³-hybridized carbons (Fsp3) is 0.706. The Bertz CT molecular complexity index is 581. The second-order valence-corrected chi connectivity index (χ2v) is 7.85. The lowest BCUT2D eigenvalue weighted by atomic mass is 10.2. The van der Waals surface area contributed by atoms with E-state index in [0.29, 0.717) is 5.06 Å². The first-order valence-electron chi connectivity index (χ1n) is 8.37. The number of ether oxygens (including phenoxy) is 3. The van der Waals surface area contributed by atoms with Gasteiger partial charge in [0, 0.05) is 12.8 Å². The molecular formula is C17H25NO9. The van der Waals surface area contributed by atoms with Crippen LogP contribution >= 0.6 is 0 Å². The summed E-state index contributed by atoms with van der Waals surface area (Å²) in [4.78, 5) is 64.0. The van der Waals surface area contributed by atoms with Gasteiger partial charge in [-0.2, -0.15) is 0 Å². The Morgan fingerprint density at radius 2 is 1.41 bits per heavy atom. The van der Waals surface area contributed by atoms with Crippen molar-refractivity contribution in [3.63, 3.8) is 0 Å². The largest absolute Gasteiger partial charge is 0.509 e. The molecule has 0 spiro atoms. The van der Waals surface area contributed by atoms with E-state index in [1.165, 1.54) is 0 Å². The quantitative estimate of drug-likeness (QED) is 0.511. The van der Waals surface area contributed by atoms with Gasteiger partial charge >= 0.3 is 18.1 Å². The second-order valence-electron chi connectivity index (χ2n) is 7.85. The molecule has 1 saturated heterocycles. The standard InChI is InChI=1S/C17H25NO9/c1-16(2,3)25-13(21)9-10(24-15(23)26-17(4,5)6)14(22)27-18-11(19)7-8-12(18)20/h10H,7-9H2,1-6H3/t10-/m0/s1. The molecule has 10 heteroatoms. The van der Waals surface area contributed by atoms with E-state index in [0.717, 1.165) is 0 Å². The third-order valence-electron chi connectivity index (χ3n) is 2.85. The number of esters is 1. The molecule has 0 aromatic heterocycles. The van der Waals surface area contributed by atoms with Crippen LogP contribution in [0.4, 0.5) is 4.79 Å². The van der Waals surface area contributed by atoms with E-state index in [2.05, 4.69) is 0 Å². The summed E-state index contributed by atoms with van der Waals surface area (Å²) in [7, 11) is 0. The Morgan fingerprint density at radius 3 is 1.85 bits per heavy atom. The van der Waals surface area contributed by atoms with Crippen molar-refractivity contribution in [1.82, 2.24) is 5.06 Å². The van der Waals surface area contributed by atoms with Crippen LogP contribution in [0.25, 0.3) is 0 Å². The summed E-state index contributed by atoms with van der Waals surface area (Å²) in [6.07, 6.45) is -3.85. The first-order chi connectivity index (χ1) is 12.2. The van der Waals surface area contributed by atoms with Gasteiger partial charge in [0.1, 0.15) is 11.2 Å². The predicted molar refractivity (Wildman–Crippen MR) is 88.7 cm³/mol. The molecule has 1 aliphatic heterocycles. The lowest BCUT2D eigenvalue weighted by Crippen LogP contribution is -2.40. The summed E-state index contributed by atoms with van der Waals surface area (Å²) in [5.41, 5.74) is -1.74. The molecule has 0 radical (unpaired) electrons. The molecule has 0 aliphatic carbocycles. The molecule has 0 unspecified atom stereocenters. The zero-order valence-corrected chi connectivity index (χ0v) is 16.3. The van der Waals surface area contributed by atoms with Crippen molar-refractivity contribution in [2.75, 3.05) is 0 Å². The zero-order chi connectivity index (χ0) is 21.0. The number of carbonyl (C=O) groups excluding carboxylic acids is 5. The van der Waals surface area contributed by atoms with Gasteiger partial charge in [0.15, 0.2) is 0 Å². The van der Waals surface area contributed by atoms with Crippen LogP contribution in [0, 0.1) is 0 Å². The fourth-order valence-corrected chi connectivity index (χ4v) is 1.90. The lowest BCUT2D eigenvalue weighted by molar-refractivity contribution is -0.205. The number of hydrogen-bond acceptors (Lipinski definition) is 9. The molecular weight excluding hydrogens is 362 g/mol. The molecule has 0 saturated carbocycles. The summed E-state index contributed by atoms with van der Waals surface area (Å²) in [5.74, 6) is -3.52. The number of imide groups is 1.